The molecule has 0 amide bonds. The third-order valence-electron chi connectivity index (χ3n) is 1.05. The van der Waals surface area contributed by atoms with E-state index in [2.05, 4.69) is 4.98 Å². The van der Waals surface area contributed by atoms with Gasteiger partial charge in [-0.05, 0) is 12.1 Å². The summed E-state index contributed by atoms with van der Waals surface area (Å²) in [4.78, 5) is 3.61. The van der Waals surface area contributed by atoms with Crippen molar-refractivity contribution in [3.63, 3.8) is 0 Å². The Kier molecular flexibility index (Phi) is 2.80. The van der Waals surface area contributed by atoms with Crippen LogP contribution in [0.25, 0.3) is 0 Å². The normalized spacial score (nSPS) is 9.64. The lowest BCUT2D eigenvalue weighted by Crippen LogP contribution is -2.04. The molecule has 0 fully saturated rings. The van der Waals surface area contributed by atoms with E-state index in [1.54, 1.807) is 0 Å². The van der Waals surface area contributed by atoms with Crippen molar-refractivity contribution in [2.24, 2.45) is 0 Å². The van der Waals surface area contributed by atoms with Crippen molar-refractivity contribution in [3.05, 3.63) is 24.1 Å². The molecule has 1 N–H and O–H groups in total. The highest BCUT2D eigenvalue weighted by molar-refractivity contribution is 5.12. The molecule has 0 aliphatic carbocycles. The predicted molar refractivity (Wildman–Crippen MR) is 36.8 cm³/mol. The van der Waals surface area contributed by atoms with Gasteiger partial charge in [0.15, 0.2) is 5.82 Å². The summed E-state index contributed by atoms with van der Waals surface area (Å²) in [6, 6.07) is 2.72. The minimum Gasteiger partial charge on any atom is -0.473 e. The van der Waals surface area contributed by atoms with E-state index < -0.39 is 5.82 Å². The van der Waals surface area contributed by atoms with Crippen LogP contribution in [0.15, 0.2) is 18.3 Å². The Morgan fingerprint density at radius 3 is 3.09 bits per heavy atom. The molecule has 0 aromatic carbocycles. The molecule has 0 spiro atoms. The van der Waals surface area contributed by atoms with Crippen molar-refractivity contribution >= 4 is 0 Å². The molecule has 0 aliphatic heterocycles. The maximum Gasteiger partial charge on any atom is 0.250 e. The summed E-state index contributed by atoms with van der Waals surface area (Å²) in [5, 5.41) is 8.34. The van der Waals surface area contributed by atoms with E-state index in [0.29, 0.717) is 0 Å². The van der Waals surface area contributed by atoms with E-state index >= 15 is 0 Å². The molecule has 1 aromatic rings. The molecule has 4 heteroatoms. The molecule has 0 unspecified atom stereocenters. The van der Waals surface area contributed by atoms with E-state index in [0.717, 1.165) is 0 Å². The Hall–Kier alpha value is -1.16. The standard InChI is InChI=1S/C7H8FNO2/c8-6-2-1-3-9-7(6)11-5-4-10/h1-3,10H,4-5H2. The Morgan fingerprint density at radius 2 is 2.45 bits per heavy atom. The molecule has 0 radical (unpaired) electrons. The highest BCUT2D eigenvalue weighted by Gasteiger charge is 2.00. The van der Waals surface area contributed by atoms with Gasteiger partial charge < -0.3 is 9.84 Å². The molecule has 0 aliphatic rings. The zero-order valence-electron chi connectivity index (χ0n) is 5.83. The van der Waals surface area contributed by atoms with Gasteiger partial charge in [-0.1, -0.05) is 0 Å². The van der Waals surface area contributed by atoms with Crippen LogP contribution in [0.5, 0.6) is 5.88 Å². The number of pyridine rings is 1. The first-order valence-electron chi connectivity index (χ1n) is 3.19. The van der Waals surface area contributed by atoms with E-state index in [9.17, 15) is 4.39 Å². The van der Waals surface area contributed by atoms with E-state index in [4.69, 9.17) is 9.84 Å². The van der Waals surface area contributed by atoms with Gasteiger partial charge in [0.2, 0.25) is 5.88 Å². The summed E-state index contributed by atoms with van der Waals surface area (Å²) in [6.45, 7) is -0.0794. The van der Waals surface area contributed by atoms with Crippen molar-refractivity contribution in [1.29, 1.82) is 0 Å². The van der Waals surface area contributed by atoms with Crippen molar-refractivity contribution in [3.8, 4) is 5.88 Å². The molecule has 1 rings (SSSR count). The number of aromatic nitrogens is 1. The number of rotatable bonds is 3. The molecule has 1 heterocycles. The third kappa shape index (κ3) is 2.16. The number of nitrogens with zero attached hydrogens (tertiary/aromatic N) is 1. The maximum atomic E-state index is 12.6. The van der Waals surface area contributed by atoms with Crippen molar-refractivity contribution in [1.82, 2.24) is 4.98 Å². The van der Waals surface area contributed by atoms with E-state index in [-0.39, 0.29) is 19.1 Å². The zero-order valence-corrected chi connectivity index (χ0v) is 5.83. The van der Waals surface area contributed by atoms with E-state index in [1.807, 2.05) is 0 Å². The summed E-state index contributed by atoms with van der Waals surface area (Å²) in [7, 11) is 0. The minimum atomic E-state index is -0.513. The van der Waals surface area contributed by atoms with Crippen LogP contribution in [0.1, 0.15) is 0 Å². The van der Waals surface area contributed by atoms with E-state index in [1.165, 1.54) is 18.3 Å². The first-order chi connectivity index (χ1) is 5.34. The molecular weight excluding hydrogens is 149 g/mol. The van der Waals surface area contributed by atoms with Crippen LogP contribution in [0.4, 0.5) is 4.39 Å². The van der Waals surface area contributed by atoms with Gasteiger partial charge >= 0.3 is 0 Å². The quantitative estimate of drug-likeness (QED) is 0.698. The molecule has 11 heavy (non-hydrogen) atoms. The largest absolute Gasteiger partial charge is 0.473 e. The Bertz CT molecular complexity index is 229. The first-order valence-corrected chi connectivity index (χ1v) is 3.19. The second-order valence-electron chi connectivity index (χ2n) is 1.86. The lowest BCUT2D eigenvalue weighted by atomic mass is 10.5. The smallest absolute Gasteiger partial charge is 0.250 e. The highest BCUT2D eigenvalue weighted by Crippen LogP contribution is 2.10. The number of hydrogen-bond donors (Lipinski definition) is 1. The molecule has 1 aromatic heterocycles. The number of ether oxygens (including phenoxy) is 1. The topological polar surface area (TPSA) is 42.4 Å². The summed E-state index contributed by atoms with van der Waals surface area (Å²) in [5.41, 5.74) is 0. The van der Waals surface area contributed by atoms with Gasteiger partial charge in [0.05, 0.1) is 6.61 Å². The van der Waals surface area contributed by atoms with Gasteiger partial charge in [-0.25, -0.2) is 9.37 Å². The van der Waals surface area contributed by atoms with Crippen LogP contribution < -0.4 is 4.74 Å². The lowest BCUT2D eigenvalue weighted by molar-refractivity contribution is 0.191. The van der Waals surface area contributed by atoms with Crippen molar-refractivity contribution < 1.29 is 14.2 Å². The Balaban J connectivity index is 2.62. The second kappa shape index (κ2) is 3.88. The Labute approximate surface area is 63.5 Å². The average molecular weight is 157 g/mol. The van der Waals surface area contributed by atoms with Gasteiger partial charge in [-0.3, -0.25) is 0 Å². The predicted octanol–water partition coefficient (Wildman–Crippen LogP) is 0.592. The van der Waals surface area contributed by atoms with Gasteiger partial charge in [0.25, 0.3) is 0 Å². The van der Waals surface area contributed by atoms with Crippen LogP contribution in [0, 0.1) is 5.82 Å². The van der Waals surface area contributed by atoms with Crippen LogP contribution in [0.2, 0.25) is 0 Å². The van der Waals surface area contributed by atoms with Crippen molar-refractivity contribution in [2.45, 2.75) is 0 Å². The average Bonchev–Trinajstić information content (AvgIpc) is 2.03. The molecule has 0 atom stereocenters. The van der Waals surface area contributed by atoms with Gasteiger partial charge in [0, 0.05) is 6.20 Å². The van der Waals surface area contributed by atoms with Crippen LogP contribution >= 0.6 is 0 Å². The fraction of sp³-hybridized carbons (Fsp3) is 0.286. The molecular formula is C7H8FNO2. The number of aliphatic hydroxyl groups is 1. The maximum absolute atomic E-state index is 12.6. The summed E-state index contributed by atoms with van der Waals surface area (Å²) < 4.78 is 17.4. The summed E-state index contributed by atoms with van der Waals surface area (Å²) in [5.74, 6) is -0.581. The minimum absolute atomic E-state index is 0.0634. The van der Waals surface area contributed by atoms with Gasteiger partial charge in [-0.2, -0.15) is 0 Å². The fourth-order valence-electron chi connectivity index (χ4n) is 0.620. The first kappa shape index (κ1) is 7.94. The van der Waals surface area contributed by atoms with Crippen LogP contribution in [0.3, 0.4) is 0 Å². The fourth-order valence-corrected chi connectivity index (χ4v) is 0.620. The van der Waals surface area contributed by atoms with Gasteiger partial charge in [0.1, 0.15) is 6.61 Å². The van der Waals surface area contributed by atoms with Gasteiger partial charge in [-0.15, -0.1) is 0 Å². The number of aliphatic hydroxyl groups excluding tert-OH is 1. The molecule has 0 saturated heterocycles. The number of hydrogen-bond acceptors (Lipinski definition) is 3. The Morgan fingerprint density at radius 1 is 1.64 bits per heavy atom. The molecule has 60 valence electrons. The zero-order chi connectivity index (χ0) is 8.10. The SMILES string of the molecule is OCCOc1ncccc1F. The number of halogens is 1. The molecule has 0 saturated carbocycles. The summed E-state index contributed by atoms with van der Waals surface area (Å²) in [6.07, 6.45) is 1.43. The highest BCUT2D eigenvalue weighted by atomic mass is 19.1. The van der Waals surface area contributed by atoms with Crippen LogP contribution in [-0.4, -0.2) is 23.3 Å². The molecule has 0 bridgehead atoms. The third-order valence-corrected chi connectivity index (χ3v) is 1.05. The monoisotopic (exact) mass is 157 g/mol. The summed E-state index contributed by atoms with van der Waals surface area (Å²) >= 11 is 0. The molecule has 3 nitrogen and oxygen atoms in total. The second-order valence-corrected chi connectivity index (χ2v) is 1.86. The van der Waals surface area contributed by atoms with Crippen molar-refractivity contribution in [2.75, 3.05) is 13.2 Å². The van der Waals surface area contributed by atoms with Crippen LogP contribution in [-0.2, 0) is 0 Å². The lowest BCUT2D eigenvalue weighted by Gasteiger charge is -2.01.